The summed E-state index contributed by atoms with van der Waals surface area (Å²) in [6, 6.07) is 9.49. The van der Waals surface area contributed by atoms with Gasteiger partial charge in [0.2, 0.25) is 5.95 Å². The number of aryl methyl sites for hydroxylation is 1. The highest BCUT2D eigenvalue weighted by molar-refractivity contribution is 5.71. The molecule has 0 aliphatic rings. The molecule has 0 aliphatic carbocycles. The Morgan fingerprint density at radius 3 is 2.60 bits per heavy atom. The van der Waals surface area contributed by atoms with Crippen LogP contribution in [0.25, 0.3) is 0 Å². The van der Waals surface area contributed by atoms with Crippen LogP contribution in [-0.2, 0) is 0 Å². The predicted molar refractivity (Wildman–Crippen MR) is 74.9 cm³/mol. The second-order valence-corrected chi connectivity index (χ2v) is 3.94. The predicted octanol–water partition coefficient (Wildman–Crippen LogP) is 1.88. The van der Waals surface area contributed by atoms with Crippen molar-refractivity contribution >= 4 is 23.3 Å². The van der Waals surface area contributed by atoms with Crippen LogP contribution < -0.4 is 16.4 Å². The van der Waals surface area contributed by atoms with Crippen molar-refractivity contribution in [3.05, 3.63) is 35.4 Å². The molecule has 2 aromatic rings. The van der Waals surface area contributed by atoms with Crippen molar-refractivity contribution in [3.63, 3.8) is 0 Å². The molecule has 0 aliphatic heterocycles. The number of hydrogen-bond acceptors (Lipinski definition) is 7. The van der Waals surface area contributed by atoms with Gasteiger partial charge < -0.3 is 11.1 Å². The smallest absolute Gasteiger partial charge is 0.240 e. The summed E-state index contributed by atoms with van der Waals surface area (Å²) >= 11 is 0. The first-order valence-corrected chi connectivity index (χ1v) is 5.71. The quantitative estimate of drug-likeness (QED) is 0.571. The zero-order valence-electron chi connectivity index (χ0n) is 10.7. The Balaban J connectivity index is 2.48. The molecular weight excluding hydrogens is 254 g/mol. The fraction of sp³-hybridized carbons (Fsp3) is 0.0769. The monoisotopic (exact) mass is 265 g/mol. The summed E-state index contributed by atoms with van der Waals surface area (Å²) < 4.78 is 0. The van der Waals surface area contributed by atoms with Gasteiger partial charge in [-0.3, -0.25) is 5.32 Å². The second kappa shape index (κ2) is 5.55. The Morgan fingerprint density at radius 1 is 1.20 bits per heavy atom. The minimum absolute atomic E-state index is 0.0105. The van der Waals surface area contributed by atoms with Crippen LogP contribution in [-0.4, -0.2) is 9.97 Å². The summed E-state index contributed by atoms with van der Waals surface area (Å²) in [4.78, 5) is 7.90. The van der Waals surface area contributed by atoms with Crippen molar-refractivity contribution in [2.75, 3.05) is 16.4 Å². The third-order valence-electron chi connectivity index (χ3n) is 2.61. The van der Waals surface area contributed by atoms with E-state index >= 15 is 0 Å². The number of nitrogens with two attached hydrogens (primary N) is 1. The van der Waals surface area contributed by atoms with Crippen LogP contribution in [0, 0.1) is 29.7 Å². The number of benzene rings is 1. The molecule has 0 unspecified atom stereocenters. The van der Waals surface area contributed by atoms with Crippen molar-refractivity contribution < 1.29 is 0 Å². The van der Waals surface area contributed by atoms with E-state index < -0.39 is 0 Å². The molecule has 0 bridgehead atoms. The average Bonchev–Trinajstić information content (AvgIpc) is 2.42. The number of hydrogen-bond donors (Lipinski definition) is 3. The molecule has 0 saturated carbocycles. The van der Waals surface area contributed by atoms with Crippen LogP contribution in [0.5, 0.6) is 0 Å². The minimum atomic E-state index is 0.0105. The van der Waals surface area contributed by atoms with Crippen molar-refractivity contribution in [2.45, 2.75) is 6.92 Å². The molecule has 7 heteroatoms. The van der Waals surface area contributed by atoms with Gasteiger partial charge in [0.05, 0.1) is 0 Å². The van der Waals surface area contributed by atoms with Crippen LogP contribution in [0.3, 0.4) is 0 Å². The maximum Gasteiger partial charge on any atom is 0.240 e. The topological polar surface area (TPSA) is 123 Å². The fourth-order valence-electron chi connectivity index (χ4n) is 1.63. The van der Waals surface area contributed by atoms with Gasteiger partial charge in [-0.05, 0) is 18.6 Å². The van der Waals surface area contributed by atoms with E-state index in [9.17, 15) is 0 Å². The van der Waals surface area contributed by atoms with E-state index in [0.29, 0.717) is 0 Å². The van der Waals surface area contributed by atoms with E-state index in [1.54, 1.807) is 6.19 Å². The van der Waals surface area contributed by atoms with Crippen molar-refractivity contribution in [3.8, 4) is 12.3 Å². The fourth-order valence-corrected chi connectivity index (χ4v) is 1.63. The number of nitrogen functional groups attached to an aromatic ring is 1. The summed E-state index contributed by atoms with van der Waals surface area (Å²) in [5.74, 6) is 0.309. The lowest BCUT2D eigenvalue weighted by Crippen LogP contribution is -2.07. The van der Waals surface area contributed by atoms with Crippen LogP contribution in [0.2, 0.25) is 0 Å². The molecule has 98 valence electrons. The van der Waals surface area contributed by atoms with Gasteiger partial charge >= 0.3 is 0 Å². The minimum Gasteiger partial charge on any atom is -0.382 e. The van der Waals surface area contributed by atoms with Gasteiger partial charge in [-0.2, -0.15) is 20.5 Å². The molecule has 4 N–H and O–H groups in total. The molecule has 0 radical (unpaired) electrons. The maximum atomic E-state index is 9.13. The number of nitrogens with one attached hydrogen (secondary N) is 2. The number of nitrogens with zero attached hydrogens (tertiary/aromatic N) is 4. The van der Waals surface area contributed by atoms with E-state index in [0.717, 1.165) is 11.3 Å². The third-order valence-corrected chi connectivity index (χ3v) is 2.61. The van der Waals surface area contributed by atoms with Crippen molar-refractivity contribution in [2.24, 2.45) is 0 Å². The second-order valence-electron chi connectivity index (χ2n) is 3.94. The molecule has 2 rings (SSSR count). The van der Waals surface area contributed by atoms with Gasteiger partial charge in [-0.1, -0.05) is 18.2 Å². The van der Waals surface area contributed by atoms with Crippen molar-refractivity contribution in [1.29, 1.82) is 10.5 Å². The van der Waals surface area contributed by atoms with Crippen LogP contribution in [0.15, 0.2) is 24.3 Å². The summed E-state index contributed by atoms with van der Waals surface area (Å²) in [7, 11) is 0. The molecule has 1 aromatic carbocycles. The highest BCUT2D eigenvalue weighted by atomic mass is 15.2. The van der Waals surface area contributed by atoms with E-state index in [-0.39, 0.29) is 23.1 Å². The van der Waals surface area contributed by atoms with Gasteiger partial charge in [0.1, 0.15) is 17.5 Å². The zero-order valence-corrected chi connectivity index (χ0v) is 10.7. The lowest BCUT2D eigenvalue weighted by molar-refractivity contribution is 1.16. The van der Waals surface area contributed by atoms with Crippen molar-refractivity contribution in [1.82, 2.24) is 9.97 Å². The van der Waals surface area contributed by atoms with Gasteiger partial charge in [-0.15, -0.1) is 0 Å². The summed E-state index contributed by atoms with van der Waals surface area (Å²) in [5.41, 5.74) is 7.61. The summed E-state index contributed by atoms with van der Waals surface area (Å²) in [6.07, 6.45) is 1.71. The summed E-state index contributed by atoms with van der Waals surface area (Å²) in [6.45, 7) is 1.92. The van der Waals surface area contributed by atoms with Gasteiger partial charge in [0.15, 0.2) is 12.0 Å². The Hall–Kier alpha value is -3.32. The number of aromatic nitrogens is 2. The molecule has 0 amide bonds. The molecule has 0 fully saturated rings. The molecule has 20 heavy (non-hydrogen) atoms. The zero-order chi connectivity index (χ0) is 14.5. The van der Waals surface area contributed by atoms with Gasteiger partial charge in [0.25, 0.3) is 0 Å². The third kappa shape index (κ3) is 2.57. The number of nitriles is 2. The Labute approximate surface area is 115 Å². The van der Waals surface area contributed by atoms with Crippen LogP contribution >= 0.6 is 0 Å². The Morgan fingerprint density at radius 2 is 1.95 bits per heavy atom. The van der Waals surface area contributed by atoms with E-state index in [1.165, 1.54) is 0 Å². The highest BCUT2D eigenvalue weighted by Crippen LogP contribution is 2.25. The number of anilines is 4. The van der Waals surface area contributed by atoms with Crippen LogP contribution in [0.4, 0.5) is 23.3 Å². The lowest BCUT2D eigenvalue weighted by atomic mass is 10.2. The molecule has 0 saturated heterocycles. The van der Waals surface area contributed by atoms with Gasteiger partial charge in [-0.25, -0.2) is 0 Å². The van der Waals surface area contributed by atoms with E-state index in [1.807, 2.05) is 37.3 Å². The lowest BCUT2D eigenvalue weighted by Gasteiger charge is -2.11. The Bertz CT molecular complexity index is 724. The molecule has 1 aromatic heterocycles. The van der Waals surface area contributed by atoms with E-state index in [2.05, 4.69) is 20.6 Å². The maximum absolute atomic E-state index is 9.13. The highest BCUT2D eigenvalue weighted by Gasteiger charge is 2.13. The molecule has 0 spiro atoms. The summed E-state index contributed by atoms with van der Waals surface area (Å²) in [5, 5.41) is 23.0. The first-order chi connectivity index (χ1) is 9.65. The SMILES string of the molecule is Cc1ccccc1Nc1nc(NC#N)nc(N)c1C#N. The first-order valence-electron chi connectivity index (χ1n) is 5.71. The molecule has 7 nitrogen and oxygen atoms in total. The molecular formula is C13H11N7. The normalized spacial score (nSPS) is 9.35. The number of rotatable bonds is 3. The number of para-hydroxylation sites is 1. The Kier molecular flexibility index (Phi) is 3.64. The van der Waals surface area contributed by atoms with Crippen LogP contribution in [0.1, 0.15) is 11.1 Å². The largest absolute Gasteiger partial charge is 0.382 e. The van der Waals surface area contributed by atoms with E-state index in [4.69, 9.17) is 16.3 Å². The molecule has 1 heterocycles. The standard InChI is InChI=1S/C13H11N7/c1-8-4-2-3-5-10(8)18-12-9(6-14)11(16)19-13(20-12)17-7-15/h2-5H,1H3,(H4,16,17,18,19,20). The van der Waals surface area contributed by atoms with Gasteiger partial charge in [0, 0.05) is 5.69 Å². The average molecular weight is 265 g/mol. The first kappa shape index (κ1) is 13.1. The molecule has 0 atom stereocenters.